The molecule has 1 aromatic carbocycles. The zero-order chi connectivity index (χ0) is 15.2. The molecule has 2 N–H and O–H groups in total. The number of halogens is 1. The van der Waals surface area contributed by atoms with Gasteiger partial charge in [0, 0.05) is 22.7 Å². The Hall–Kier alpha value is -1.26. The van der Waals surface area contributed by atoms with E-state index in [4.69, 9.17) is 16.3 Å². The van der Waals surface area contributed by atoms with Crippen LogP contribution in [0.4, 0.5) is 0 Å². The van der Waals surface area contributed by atoms with E-state index in [0.717, 1.165) is 12.1 Å². The maximum Gasteiger partial charge on any atom is 0.258 e. The van der Waals surface area contributed by atoms with Gasteiger partial charge in [-0.15, -0.1) is 0 Å². The monoisotopic (exact) mass is 298 g/mol. The van der Waals surface area contributed by atoms with Crippen LogP contribution in [0.25, 0.3) is 0 Å². The second kappa shape index (κ2) is 7.50. The van der Waals surface area contributed by atoms with Gasteiger partial charge in [-0.25, -0.2) is 0 Å². The lowest BCUT2D eigenvalue weighted by atomic mass is 10.1. The van der Waals surface area contributed by atoms with Gasteiger partial charge in [-0.2, -0.15) is 0 Å². The molecule has 0 fully saturated rings. The summed E-state index contributed by atoms with van der Waals surface area (Å²) in [6, 6.07) is 5.45. The van der Waals surface area contributed by atoms with Gasteiger partial charge in [0.15, 0.2) is 6.61 Å². The van der Waals surface area contributed by atoms with E-state index in [1.165, 1.54) is 0 Å². The third-order valence-corrected chi connectivity index (χ3v) is 2.85. The Kier molecular flexibility index (Phi) is 6.30. The van der Waals surface area contributed by atoms with Crippen molar-refractivity contribution >= 4 is 17.5 Å². The van der Waals surface area contributed by atoms with Gasteiger partial charge in [-0.05, 0) is 39.4 Å². The van der Waals surface area contributed by atoms with Crippen LogP contribution in [0, 0.1) is 0 Å². The molecule has 5 heteroatoms. The number of amides is 1. The van der Waals surface area contributed by atoms with Crippen LogP contribution in [0.15, 0.2) is 18.2 Å². The highest BCUT2D eigenvalue weighted by Crippen LogP contribution is 2.26. The lowest BCUT2D eigenvalue weighted by Gasteiger charge is -2.21. The predicted octanol–water partition coefficient (Wildman–Crippen LogP) is 2.74. The molecule has 1 aromatic rings. The average Bonchev–Trinajstić information content (AvgIpc) is 2.33. The van der Waals surface area contributed by atoms with Crippen LogP contribution in [0.3, 0.4) is 0 Å². The summed E-state index contributed by atoms with van der Waals surface area (Å²) in [5, 5.41) is 6.70. The van der Waals surface area contributed by atoms with E-state index in [0.29, 0.717) is 17.3 Å². The highest BCUT2D eigenvalue weighted by molar-refractivity contribution is 6.31. The smallest absolute Gasteiger partial charge is 0.258 e. The van der Waals surface area contributed by atoms with Crippen LogP contribution in [0.1, 0.15) is 33.3 Å². The van der Waals surface area contributed by atoms with Crippen molar-refractivity contribution in [2.75, 3.05) is 13.2 Å². The zero-order valence-corrected chi connectivity index (χ0v) is 13.3. The summed E-state index contributed by atoms with van der Waals surface area (Å²) in [6.07, 6.45) is 0. The van der Waals surface area contributed by atoms with Gasteiger partial charge in [0.1, 0.15) is 5.75 Å². The standard InChI is InChI=1S/C15H23ClN2O2/c1-5-17-9-11-12(16)7-6-8-13(11)20-10-14(19)18-15(2,3)4/h6-8,17H,5,9-10H2,1-4H3,(H,18,19). The molecule has 0 atom stereocenters. The van der Waals surface area contributed by atoms with Crippen molar-refractivity contribution in [2.24, 2.45) is 0 Å². The Morgan fingerprint density at radius 2 is 2.05 bits per heavy atom. The molecule has 0 saturated heterocycles. The molecule has 0 aliphatic rings. The molecule has 0 aliphatic heterocycles. The van der Waals surface area contributed by atoms with Crippen LogP contribution in [0.5, 0.6) is 5.75 Å². The van der Waals surface area contributed by atoms with Crippen LogP contribution < -0.4 is 15.4 Å². The molecule has 1 amide bonds. The quantitative estimate of drug-likeness (QED) is 0.849. The van der Waals surface area contributed by atoms with Crippen molar-refractivity contribution in [1.82, 2.24) is 10.6 Å². The Morgan fingerprint density at radius 1 is 1.35 bits per heavy atom. The average molecular weight is 299 g/mol. The summed E-state index contributed by atoms with van der Waals surface area (Å²) < 4.78 is 5.59. The van der Waals surface area contributed by atoms with Crippen LogP contribution >= 0.6 is 11.6 Å². The van der Waals surface area contributed by atoms with E-state index in [2.05, 4.69) is 10.6 Å². The van der Waals surface area contributed by atoms with Gasteiger partial charge in [-0.3, -0.25) is 4.79 Å². The largest absolute Gasteiger partial charge is 0.483 e. The summed E-state index contributed by atoms with van der Waals surface area (Å²) in [6.45, 7) is 9.26. The fourth-order valence-corrected chi connectivity index (χ4v) is 1.93. The molecule has 0 heterocycles. The molecule has 0 unspecified atom stereocenters. The second-order valence-corrected chi connectivity index (χ2v) is 5.99. The highest BCUT2D eigenvalue weighted by Gasteiger charge is 2.15. The highest BCUT2D eigenvalue weighted by atomic mass is 35.5. The van der Waals surface area contributed by atoms with E-state index < -0.39 is 0 Å². The maximum absolute atomic E-state index is 11.8. The van der Waals surface area contributed by atoms with Crippen molar-refractivity contribution in [3.63, 3.8) is 0 Å². The van der Waals surface area contributed by atoms with Gasteiger partial charge in [0.2, 0.25) is 0 Å². The van der Waals surface area contributed by atoms with E-state index in [9.17, 15) is 4.79 Å². The Labute approximate surface area is 125 Å². The van der Waals surface area contributed by atoms with Crippen molar-refractivity contribution in [2.45, 2.75) is 39.8 Å². The van der Waals surface area contributed by atoms with Crippen LogP contribution in [-0.2, 0) is 11.3 Å². The molecule has 0 bridgehead atoms. The fourth-order valence-electron chi connectivity index (χ4n) is 1.69. The molecule has 4 nitrogen and oxygen atoms in total. The maximum atomic E-state index is 11.8. The summed E-state index contributed by atoms with van der Waals surface area (Å²) in [7, 11) is 0. The predicted molar refractivity (Wildman–Crippen MR) is 82.2 cm³/mol. The van der Waals surface area contributed by atoms with Gasteiger partial charge in [0.25, 0.3) is 5.91 Å². The van der Waals surface area contributed by atoms with Crippen molar-refractivity contribution in [1.29, 1.82) is 0 Å². The van der Waals surface area contributed by atoms with Gasteiger partial charge in [-0.1, -0.05) is 24.6 Å². The van der Waals surface area contributed by atoms with Crippen molar-refractivity contribution < 1.29 is 9.53 Å². The van der Waals surface area contributed by atoms with Crippen LogP contribution in [0.2, 0.25) is 5.02 Å². The fraction of sp³-hybridized carbons (Fsp3) is 0.533. The molecule has 0 spiro atoms. The summed E-state index contributed by atoms with van der Waals surface area (Å²) in [5.41, 5.74) is 0.612. The second-order valence-electron chi connectivity index (χ2n) is 5.58. The first-order valence-electron chi connectivity index (χ1n) is 6.75. The van der Waals surface area contributed by atoms with E-state index in [-0.39, 0.29) is 18.1 Å². The Balaban J connectivity index is 2.67. The molecule has 0 aromatic heterocycles. The lowest BCUT2D eigenvalue weighted by molar-refractivity contribution is -0.124. The molecule has 1 rings (SSSR count). The van der Waals surface area contributed by atoms with Crippen molar-refractivity contribution in [3.05, 3.63) is 28.8 Å². The third kappa shape index (κ3) is 5.80. The summed E-state index contributed by atoms with van der Waals surface area (Å²) in [5.74, 6) is 0.495. The minimum Gasteiger partial charge on any atom is -0.483 e. The Morgan fingerprint density at radius 3 is 2.65 bits per heavy atom. The number of nitrogens with one attached hydrogen (secondary N) is 2. The van der Waals surface area contributed by atoms with E-state index in [1.807, 2.05) is 45.9 Å². The topological polar surface area (TPSA) is 50.4 Å². The Bertz CT molecular complexity index is 456. The van der Waals surface area contributed by atoms with E-state index >= 15 is 0 Å². The van der Waals surface area contributed by atoms with E-state index in [1.54, 1.807) is 0 Å². The van der Waals surface area contributed by atoms with Gasteiger partial charge in [0.05, 0.1) is 0 Å². The molecule has 0 saturated carbocycles. The minimum atomic E-state index is -0.263. The molecular weight excluding hydrogens is 276 g/mol. The van der Waals surface area contributed by atoms with Crippen LogP contribution in [-0.4, -0.2) is 24.6 Å². The van der Waals surface area contributed by atoms with Gasteiger partial charge < -0.3 is 15.4 Å². The summed E-state index contributed by atoms with van der Waals surface area (Å²) in [4.78, 5) is 11.8. The number of rotatable bonds is 6. The first kappa shape index (κ1) is 16.8. The van der Waals surface area contributed by atoms with Gasteiger partial charge >= 0.3 is 0 Å². The number of carbonyl (C=O) groups is 1. The zero-order valence-electron chi connectivity index (χ0n) is 12.5. The number of benzene rings is 1. The first-order chi connectivity index (χ1) is 9.33. The lowest BCUT2D eigenvalue weighted by Crippen LogP contribution is -2.43. The SMILES string of the molecule is CCNCc1c(Cl)cccc1OCC(=O)NC(C)(C)C. The minimum absolute atomic E-state index is 0.0171. The number of hydrogen-bond acceptors (Lipinski definition) is 3. The number of carbonyl (C=O) groups excluding carboxylic acids is 1. The third-order valence-electron chi connectivity index (χ3n) is 2.50. The number of ether oxygens (including phenoxy) is 1. The molecule has 112 valence electrons. The number of hydrogen-bond donors (Lipinski definition) is 2. The summed E-state index contributed by atoms with van der Waals surface area (Å²) >= 11 is 6.17. The molecule has 0 aliphatic carbocycles. The molecule has 20 heavy (non-hydrogen) atoms. The van der Waals surface area contributed by atoms with Crippen molar-refractivity contribution in [3.8, 4) is 5.75 Å². The molecular formula is C15H23ClN2O2. The first-order valence-corrected chi connectivity index (χ1v) is 7.13. The normalized spacial score (nSPS) is 11.2. The molecule has 0 radical (unpaired) electrons.